The molecule has 0 saturated heterocycles. The summed E-state index contributed by atoms with van der Waals surface area (Å²) in [4.78, 5) is 0. The zero-order valence-electron chi connectivity index (χ0n) is 26.2. The molecule has 0 spiro atoms. The van der Waals surface area contributed by atoms with Gasteiger partial charge in [0.1, 0.15) is 0 Å². The van der Waals surface area contributed by atoms with Gasteiger partial charge in [-0.15, -0.1) is 0 Å². The van der Waals surface area contributed by atoms with Crippen molar-refractivity contribution >= 4 is 14.4 Å². The topological polar surface area (TPSA) is 0 Å². The number of hydrogen-bond acceptors (Lipinski definition) is 0. The second-order valence-corrected chi connectivity index (χ2v) is 21.7. The van der Waals surface area contributed by atoms with Gasteiger partial charge in [0.05, 0.1) is 0 Å². The molecule has 0 N–H and O–H groups in total. The van der Waals surface area contributed by atoms with Crippen molar-refractivity contribution in [3.8, 4) is 11.1 Å². The molecule has 0 unspecified atom stereocenters. The standard InChI is InChI=1S/C25H25.C9H13.C3H6.2ClH.Zr/c1-14-12-24(3,4)22-8-16-7-17-9-23-19(15(2)13-25(23,5)6)11-21(17)20(16)10-18(14)22;1-9(2,3)8-6-4-5-7-8;1-3-2;;;/h8-12H,7H2,1-6H3;6-7H,4H2,1-3H3;1-2H3;2*1H;/q;;;;;+2/p-2. The molecular weight excluding hydrogens is 607 g/mol. The van der Waals surface area contributed by atoms with E-state index in [-0.39, 0.29) is 41.1 Å². The van der Waals surface area contributed by atoms with Crippen molar-refractivity contribution in [2.24, 2.45) is 5.41 Å². The summed E-state index contributed by atoms with van der Waals surface area (Å²) in [7, 11) is 0. The normalized spacial score (nSPS) is 18.8. The summed E-state index contributed by atoms with van der Waals surface area (Å²) in [6.45, 7) is 26.4. The molecule has 40 heavy (non-hydrogen) atoms. The van der Waals surface area contributed by atoms with Crippen LogP contribution in [-0.4, -0.2) is 3.21 Å². The molecule has 0 fully saturated rings. The van der Waals surface area contributed by atoms with Crippen LogP contribution in [0.4, 0.5) is 0 Å². The van der Waals surface area contributed by atoms with Crippen molar-refractivity contribution in [1.82, 2.24) is 0 Å². The van der Waals surface area contributed by atoms with Gasteiger partial charge in [0.25, 0.3) is 0 Å². The monoisotopic (exact) mass is 648 g/mol. The van der Waals surface area contributed by atoms with E-state index in [4.69, 9.17) is 0 Å². The summed E-state index contributed by atoms with van der Waals surface area (Å²) >= 11 is -2.17. The second kappa shape index (κ2) is 10.2. The van der Waals surface area contributed by atoms with Crippen molar-refractivity contribution in [2.45, 2.75) is 99.8 Å². The third kappa shape index (κ3) is 4.62. The van der Waals surface area contributed by atoms with Crippen LogP contribution in [0.5, 0.6) is 0 Å². The Bertz CT molecular complexity index is 1610. The molecule has 0 aromatic heterocycles. The molecule has 2 aromatic rings. The molecule has 0 amide bonds. The van der Waals surface area contributed by atoms with Crippen LogP contribution in [0.2, 0.25) is 0 Å². The Kier molecular flexibility index (Phi) is 8.06. The van der Waals surface area contributed by atoms with Crippen LogP contribution < -0.4 is 24.8 Å². The van der Waals surface area contributed by atoms with E-state index in [1.54, 1.807) is 17.6 Å². The minimum Gasteiger partial charge on any atom is -1.00 e. The molecule has 4 aliphatic carbocycles. The minimum absolute atomic E-state index is 0. The second-order valence-electron chi connectivity index (χ2n) is 14.6. The predicted molar refractivity (Wildman–Crippen MR) is 164 cm³/mol. The van der Waals surface area contributed by atoms with Gasteiger partial charge in [-0.2, -0.15) is 0 Å². The summed E-state index contributed by atoms with van der Waals surface area (Å²) in [5, 5.41) is 0. The Hall–Kier alpha value is -1.27. The largest absolute Gasteiger partial charge is 1.00 e. The van der Waals surface area contributed by atoms with Gasteiger partial charge in [-0.3, -0.25) is 0 Å². The molecule has 4 aliphatic rings. The fourth-order valence-corrected chi connectivity index (χ4v) is 16.1. The Balaban J connectivity index is 0.00000185. The molecule has 0 saturated carbocycles. The Morgan fingerprint density at radius 3 is 1.93 bits per heavy atom. The van der Waals surface area contributed by atoms with Gasteiger partial charge >= 0.3 is 240 Å². The first-order chi connectivity index (χ1) is 17.6. The van der Waals surface area contributed by atoms with Gasteiger partial charge in [-0.1, -0.05) is 0 Å². The molecule has 0 atom stereocenters. The number of benzene rings is 2. The van der Waals surface area contributed by atoms with Crippen LogP contribution in [0.3, 0.4) is 0 Å². The van der Waals surface area contributed by atoms with Crippen LogP contribution in [-0.2, 0) is 38.5 Å². The minimum atomic E-state index is -2.17. The van der Waals surface area contributed by atoms with Gasteiger partial charge in [0.2, 0.25) is 0 Å². The predicted octanol–water partition coefficient (Wildman–Crippen LogP) is 4.07. The van der Waals surface area contributed by atoms with Gasteiger partial charge in [-0.25, -0.2) is 0 Å². The summed E-state index contributed by atoms with van der Waals surface area (Å²) in [6, 6.07) is 10.2. The molecular formula is C37H44Cl2Zr. The van der Waals surface area contributed by atoms with Gasteiger partial charge in [-0.05, 0) is 0 Å². The fourth-order valence-electron chi connectivity index (χ4n) is 7.86. The van der Waals surface area contributed by atoms with Crippen LogP contribution in [0.1, 0.15) is 116 Å². The zero-order chi connectivity index (χ0) is 27.5. The maximum Gasteiger partial charge on any atom is -1.00 e. The zero-order valence-corrected chi connectivity index (χ0v) is 30.2. The number of hydrogen-bond donors (Lipinski definition) is 0. The molecule has 3 heteroatoms. The molecule has 0 aliphatic heterocycles. The molecule has 0 bridgehead atoms. The molecule has 210 valence electrons. The Labute approximate surface area is 263 Å². The number of fused-ring (bicyclic) bond motifs is 5. The van der Waals surface area contributed by atoms with Crippen molar-refractivity contribution in [1.29, 1.82) is 0 Å². The van der Waals surface area contributed by atoms with E-state index in [1.165, 1.54) is 50.1 Å². The smallest absolute Gasteiger partial charge is 1.00 e. The molecule has 0 heterocycles. The van der Waals surface area contributed by atoms with Crippen LogP contribution in [0, 0.1) is 5.41 Å². The molecule has 0 nitrogen and oxygen atoms in total. The summed E-state index contributed by atoms with van der Waals surface area (Å²) in [6.07, 6.45) is 9.81. The number of halogens is 2. The Morgan fingerprint density at radius 2 is 1.38 bits per heavy atom. The maximum atomic E-state index is 2.61. The van der Waals surface area contributed by atoms with E-state index in [1.807, 2.05) is 3.28 Å². The number of allylic oxidation sites excluding steroid dienone is 8. The van der Waals surface area contributed by atoms with Crippen molar-refractivity contribution < 1.29 is 46.1 Å². The summed E-state index contributed by atoms with van der Waals surface area (Å²) < 4.78 is 5.28. The van der Waals surface area contributed by atoms with Gasteiger partial charge < -0.3 is 24.8 Å². The SMILES string of the molecule is CC1=CC(C)(C)c2cc3c(cc21)-c1cc2c(cc1C3)C(C)(C)[C]([Zr+2]([C]1=CC(C(C)(C)C)=CC1)=[C](C)C)=C2C.[Cl-].[Cl-]. The quantitative estimate of drug-likeness (QED) is 0.393. The first kappa shape index (κ1) is 31.7. The van der Waals surface area contributed by atoms with E-state index in [2.05, 4.69) is 119 Å². The average Bonchev–Trinajstić information content (AvgIpc) is 3.52. The van der Waals surface area contributed by atoms with Crippen LogP contribution in [0.25, 0.3) is 22.3 Å². The molecule has 0 radical (unpaired) electrons. The summed E-state index contributed by atoms with van der Waals surface area (Å²) in [5.74, 6) is 0. The first-order valence-electron chi connectivity index (χ1n) is 14.5. The van der Waals surface area contributed by atoms with Crippen LogP contribution >= 0.6 is 0 Å². The van der Waals surface area contributed by atoms with E-state index in [0.29, 0.717) is 0 Å². The molecule has 2 aromatic carbocycles. The maximum absolute atomic E-state index is 2.61. The van der Waals surface area contributed by atoms with Crippen LogP contribution in [0.15, 0.2) is 54.6 Å². The van der Waals surface area contributed by atoms with E-state index < -0.39 is 21.3 Å². The fraction of sp³-hybridized carbons (Fsp3) is 0.432. The van der Waals surface area contributed by atoms with Crippen molar-refractivity contribution in [2.75, 3.05) is 0 Å². The van der Waals surface area contributed by atoms with Crippen molar-refractivity contribution in [3.63, 3.8) is 0 Å². The van der Waals surface area contributed by atoms with E-state index in [0.717, 1.165) is 12.8 Å². The first-order valence-corrected chi connectivity index (χ1v) is 18.2. The molecule has 6 rings (SSSR count). The summed E-state index contributed by atoms with van der Waals surface area (Å²) in [5.41, 5.74) is 17.1. The van der Waals surface area contributed by atoms with Crippen molar-refractivity contribution in [3.05, 3.63) is 88.0 Å². The van der Waals surface area contributed by atoms with Gasteiger partial charge in [0, 0.05) is 0 Å². The average molecular weight is 651 g/mol. The third-order valence-corrected chi connectivity index (χ3v) is 18.3. The Morgan fingerprint density at radius 1 is 0.800 bits per heavy atom. The van der Waals surface area contributed by atoms with E-state index >= 15 is 0 Å². The van der Waals surface area contributed by atoms with E-state index in [9.17, 15) is 0 Å². The van der Waals surface area contributed by atoms with Gasteiger partial charge in [0.15, 0.2) is 0 Å². The number of rotatable bonds is 2. The third-order valence-electron chi connectivity index (χ3n) is 9.74.